The van der Waals surface area contributed by atoms with E-state index < -0.39 is 0 Å². The average Bonchev–Trinajstić information content (AvgIpc) is 3.01. The van der Waals surface area contributed by atoms with E-state index >= 15 is 0 Å². The van der Waals surface area contributed by atoms with Gasteiger partial charge in [0.2, 0.25) is 5.91 Å². The highest BCUT2D eigenvalue weighted by Crippen LogP contribution is 2.31. The number of para-hydroxylation sites is 1. The molecule has 2 aliphatic heterocycles. The molecule has 0 radical (unpaired) electrons. The van der Waals surface area contributed by atoms with Gasteiger partial charge in [0.15, 0.2) is 11.5 Å². The Kier molecular flexibility index (Phi) is 9.69. The first-order valence-electron chi connectivity index (χ1n) is 14.4. The van der Waals surface area contributed by atoms with Crippen LogP contribution in [0.4, 0.5) is 15.8 Å². The van der Waals surface area contributed by atoms with Crippen molar-refractivity contribution in [1.29, 1.82) is 0 Å². The molecule has 218 valence electrons. The minimum atomic E-state index is -0.164. The van der Waals surface area contributed by atoms with E-state index in [9.17, 15) is 9.18 Å². The Morgan fingerprint density at radius 3 is 2.54 bits per heavy atom. The normalized spacial score (nSPS) is 20.0. The molecule has 5 rings (SSSR count). The number of anilines is 2. The molecule has 1 N–H and O–H groups in total. The van der Waals surface area contributed by atoms with Crippen molar-refractivity contribution in [3.8, 4) is 11.5 Å². The topological polar surface area (TPSA) is 70.2 Å². The lowest BCUT2D eigenvalue weighted by Crippen LogP contribution is -2.56. The second kappa shape index (κ2) is 13.8. The van der Waals surface area contributed by atoms with Gasteiger partial charge in [0.05, 0.1) is 19.9 Å². The summed E-state index contributed by atoms with van der Waals surface area (Å²) >= 11 is 0. The van der Waals surface area contributed by atoms with Gasteiger partial charge < -0.3 is 19.7 Å². The number of piperidine rings is 1. The molecule has 0 saturated carbocycles. The number of rotatable bonds is 10. The van der Waals surface area contributed by atoms with Crippen LogP contribution in [0.3, 0.4) is 0 Å². The van der Waals surface area contributed by atoms with Gasteiger partial charge in [-0.15, -0.1) is 0 Å². The Balaban J connectivity index is 1.22. The Labute approximate surface area is 242 Å². The molecule has 8 nitrogen and oxygen atoms in total. The molecule has 2 atom stereocenters. The molecular weight excluding hydrogens is 521 g/mol. The van der Waals surface area contributed by atoms with Crippen molar-refractivity contribution in [3.05, 3.63) is 78.4 Å². The van der Waals surface area contributed by atoms with Gasteiger partial charge >= 0.3 is 0 Å². The van der Waals surface area contributed by atoms with Crippen LogP contribution in [0.15, 0.2) is 67.0 Å². The van der Waals surface area contributed by atoms with Crippen molar-refractivity contribution in [2.45, 2.75) is 31.8 Å². The number of nitrogens with one attached hydrogen (secondary N) is 1. The lowest BCUT2D eigenvalue weighted by molar-refractivity contribution is -0.116. The largest absolute Gasteiger partial charge is 0.493 e. The molecule has 1 amide bonds. The van der Waals surface area contributed by atoms with E-state index in [0.29, 0.717) is 41.3 Å². The molecule has 1 aromatic heterocycles. The van der Waals surface area contributed by atoms with E-state index in [1.807, 2.05) is 30.5 Å². The van der Waals surface area contributed by atoms with Crippen LogP contribution in [0.2, 0.25) is 0 Å². The molecule has 3 heterocycles. The van der Waals surface area contributed by atoms with Crippen LogP contribution in [-0.4, -0.2) is 80.2 Å². The standard InChI is InChI=1S/C32H40FN5O3/c1-40-30-11-10-26(20-31(30)41-2)35-32(39)12-9-25-23-36(22-24-6-5-14-34-21-24)15-13-28(25)37-16-18-38(19-17-37)29-8-4-3-7-27(29)33/h3-8,10-11,14,20-21,25,28H,9,12-13,15-19,22-23H2,1-2H3,(H,35,39)/t25-,28+/m0/s1. The summed E-state index contributed by atoms with van der Waals surface area (Å²) in [6.45, 7) is 6.15. The maximum atomic E-state index is 14.4. The molecule has 9 heteroatoms. The summed E-state index contributed by atoms with van der Waals surface area (Å²) in [5.41, 5.74) is 2.58. The second-order valence-electron chi connectivity index (χ2n) is 10.8. The number of ether oxygens (including phenoxy) is 2. The molecule has 2 fully saturated rings. The Bertz CT molecular complexity index is 1290. The number of nitrogens with zero attached hydrogens (tertiary/aromatic N) is 4. The van der Waals surface area contributed by atoms with Gasteiger partial charge in [-0.1, -0.05) is 18.2 Å². The summed E-state index contributed by atoms with van der Waals surface area (Å²) < 4.78 is 25.1. The van der Waals surface area contributed by atoms with Crippen LogP contribution in [0.25, 0.3) is 0 Å². The van der Waals surface area contributed by atoms with E-state index in [2.05, 4.69) is 31.1 Å². The lowest BCUT2D eigenvalue weighted by Gasteiger charge is -2.47. The predicted molar refractivity (Wildman–Crippen MR) is 159 cm³/mol. The van der Waals surface area contributed by atoms with E-state index in [-0.39, 0.29) is 11.7 Å². The van der Waals surface area contributed by atoms with Crippen molar-refractivity contribution < 1.29 is 18.7 Å². The second-order valence-corrected chi connectivity index (χ2v) is 10.8. The van der Waals surface area contributed by atoms with Crippen LogP contribution in [0, 0.1) is 11.7 Å². The Morgan fingerprint density at radius 1 is 1.00 bits per heavy atom. The van der Waals surface area contributed by atoms with Crippen molar-refractivity contribution >= 4 is 17.3 Å². The number of pyridine rings is 1. The van der Waals surface area contributed by atoms with Crippen molar-refractivity contribution in [2.24, 2.45) is 5.92 Å². The van der Waals surface area contributed by atoms with E-state index in [1.54, 1.807) is 38.6 Å². The number of methoxy groups -OCH3 is 2. The van der Waals surface area contributed by atoms with Gasteiger partial charge in [-0.25, -0.2) is 4.39 Å². The fourth-order valence-electron chi connectivity index (χ4n) is 6.21. The highest BCUT2D eigenvalue weighted by molar-refractivity contribution is 5.91. The summed E-state index contributed by atoms with van der Waals surface area (Å²) in [5, 5.41) is 3.03. The number of benzene rings is 2. The first kappa shape index (κ1) is 28.8. The molecular formula is C32H40FN5O3. The molecule has 3 aromatic rings. The predicted octanol–water partition coefficient (Wildman–Crippen LogP) is 4.67. The zero-order valence-corrected chi connectivity index (χ0v) is 24.0. The van der Waals surface area contributed by atoms with Crippen LogP contribution >= 0.6 is 0 Å². The van der Waals surface area contributed by atoms with Crippen molar-refractivity contribution in [2.75, 3.05) is 63.7 Å². The Hall–Kier alpha value is -3.69. The molecule has 2 saturated heterocycles. The highest BCUT2D eigenvalue weighted by Gasteiger charge is 2.35. The number of carbonyl (C=O) groups excluding carboxylic acids is 1. The molecule has 0 bridgehead atoms. The molecule has 2 aliphatic rings. The minimum absolute atomic E-state index is 0.00951. The summed E-state index contributed by atoms with van der Waals surface area (Å²) in [7, 11) is 3.17. The number of carbonyl (C=O) groups is 1. The number of amides is 1. The monoisotopic (exact) mass is 561 g/mol. The first-order valence-corrected chi connectivity index (χ1v) is 14.4. The molecule has 41 heavy (non-hydrogen) atoms. The van der Waals surface area contributed by atoms with Gasteiger partial charge in [0.1, 0.15) is 5.82 Å². The third-order valence-corrected chi connectivity index (χ3v) is 8.29. The smallest absolute Gasteiger partial charge is 0.224 e. The van der Waals surface area contributed by atoms with Gasteiger partial charge in [-0.3, -0.25) is 19.6 Å². The van der Waals surface area contributed by atoms with E-state index in [4.69, 9.17) is 9.47 Å². The number of piperazine rings is 1. The number of aromatic nitrogens is 1. The third kappa shape index (κ3) is 7.34. The van der Waals surface area contributed by atoms with Crippen molar-refractivity contribution in [3.63, 3.8) is 0 Å². The van der Waals surface area contributed by atoms with Crippen LogP contribution in [0.5, 0.6) is 11.5 Å². The fourth-order valence-corrected chi connectivity index (χ4v) is 6.21. The van der Waals surface area contributed by atoms with E-state index in [0.717, 1.165) is 58.7 Å². The first-order chi connectivity index (χ1) is 20.0. The summed E-state index contributed by atoms with van der Waals surface area (Å²) in [4.78, 5) is 24.5. The zero-order valence-electron chi connectivity index (χ0n) is 24.0. The van der Waals surface area contributed by atoms with Crippen LogP contribution in [-0.2, 0) is 11.3 Å². The molecule has 2 aromatic carbocycles. The lowest BCUT2D eigenvalue weighted by atomic mass is 9.86. The van der Waals surface area contributed by atoms with E-state index in [1.165, 1.54) is 11.6 Å². The molecule has 0 aliphatic carbocycles. The van der Waals surface area contributed by atoms with Crippen LogP contribution < -0.4 is 19.7 Å². The highest BCUT2D eigenvalue weighted by atomic mass is 19.1. The zero-order chi connectivity index (χ0) is 28.6. The number of likely N-dealkylation sites (tertiary alicyclic amines) is 1. The van der Waals surface area contributed by atoms with Crippen LogP contribution in [0.1, 0.15) is 24.8 Å². The van der Waals surface area contributed by atoms with Crippen molar-refractivity contribution in [1.82, 2.24) is 14.8 Å². The number of hydrogen-bond donors (Lipinski definition) is 1. The summed E-state index contributed by atoms with van der Waals surface area (Å²) in [5.74, 6) is 1.38. The minimum Gasteiger partial charge on any atom is -0.493 e. The maximum Gasteiger partial charge on any atom is 0.224 e. The maximum absolute atomic E-state index is 14.4. The number of halogens is 1. The molecule has 0 spiro atoms. The quantitative estimate of drug-likeness (QED) is 0.386. The van der Waals surface area contributed by atoms with Gasteiger partial charge in [-0.05, 0) is 61.2 Å². The van der Waals surface area contributed by atoms with Gasteiger partial charge in [-0.2, -0.15) is 0 Å². The van der Waals surface area contributed by atoms with Gasteiger partial charge in [0.25, 0.3) is 0 Å². The fraction of sp³-hybridized carbons (Fsp3) is 0.438. The molecule has 0 unspecified atom stereocenters. The third-order valence-electron chi connectivity index (χ3n) is 8.29. The Morgan fingerprint density at radius 2 is 1.80 bits per heavy atom. The van der Waals surface area contributed by atoms with Gasteiger partial charge in [0, 0.05) is 75.9 Å². The summed E-state index contributed by atoms with van der Waals surface area (Å²) in [6.07, 6.45) is 6.00. The number of hydrogen-bond acceptors (Lipinski definition) is 7. The average molecular weight is 562 g/mol. The summed E-state index contributed by atoms with van der Waals surface area (Å²) in [6, 6.07) is 16.9. The SMILES string of the molecule is COc1ccc(NC(=O)CC[C@H]2CN(Cc3cccnc3)CC[C@H]2N2CCN(c3ccccc3F)CC2)cc1OC.